The molecule has 15 heavy (non-hydrogen) atoms. The van der Waals surface area contributed by atoms with Crippen molar-refractivity contribution in [3.8, 4) is 0 Å². The van der Waals surface area contributed by atoms with E-state index in [1.165, 1.54) is 0 Å². The lowest BCUT2D eigenvalue weighted by molar-refractivity contribution is 0.289. The molecule has 1 heterocycles. The van der Waals surface area contributed by atoms with Gasteiger partial charge in [-0.1, -0.05) is 0 Å². The molecule has 0 atom stereocenters. The van der Waals surface area contributed by atoms with Gasteiger partial charge in [0.25, 0.3) is 0 Å². The number of halogens is 1. The fourth-order valence-electron chi connectivity index (χ4n) is 1.16. The van der Waals surface area contributed by atoms with E-state index < -0.39 is 0 Å². The van der Waals surface area contributed by atoms with Crippen LogP contribution in [0.1, 0.15) is 13.3 Å². The van der Waals surface area contributed by atoms with Crippen molar-refractivity contribution in [2.24, 2.45) is 0 Å². The van der Waals surface area contributed by atoms with E-state index in [0.29, 0.717) is 18.9 Å². The van der Waals surface area contributed by atoms with Gasteiger partial charge in [0, 0.05) is 19.7 Å². The number of hydrogen-bond acceptors (Lipinski definition) is 6. The maximum Gasteiger partial charge on any atom is 0.231 e. The highest BCUT2D eigenvalue weighted by Gasteiger charge is 2.09. The van der Waals surface area contributed by atoms with Crippen molar-refractivity contribution >= 4 is 23.5 Å². The van der Waals surface area contributed by atoms with Gasteiger partial charge in [0.1, 0.15) is 0 Å². The van der Waals surface area contributed by atoms with Gasteiger partial charge in [-0.15, -0.1) is 0 Å². The first-order chi connectivity index (χ1) is 7.17. The fraction of sp³-hybridized carbons (Fsp3) is 0.625. The Balaban J connectivity index is 2.81. The van der Waals surface area contributed by atoms with Gasteiger partial charge in [0.15, 0.2) is 0 Å². The Morgan fingerprint density at radius 2 is 2.13 bits per heavy atom. The fourth-order valence-corrected chi connectivity index (χ4v) is 1.32. The molecule has 84 valence electrons. The number of nitrogen functional groups attached to an aromatic ring is 1. The summed E-state index contributed by atoms with van der Waals surface area (Å²) in [6, 6.07) is 0. The summed E-state index contributed by atoms with van der Waals surface area (Å²) in [6.07, 6.45) is 0.650. The Labute approximate surface area is 93.1 Å². The number of nitrogens with two attached hydrogens (primary N) is 1. The molecule has 0 aliphatic carbocycles. The van der Waals surface area contributed by atoms with Crippen LogP contribution in [0.15, 0.2) is 0 Å². The molecule has 0 saturated heterocycles. The van der Waals surface area contributed by atoms with Crippen LogP contribution in [0.2, 0.25) is 5.28 Å². The molecule has 1 aromatic rings. The molecule has 0 aromatic carbocycles. The largest absolute Gasteiger partial charge is 0.396 e. The quantitative estimate of drug-likeness (QED) is 0.759. The Morgan fingerprint density at radius 1 is 1.40 bits per heavy atom. The molecular weight excluding hydrogens is 218 g/mol. The highest BCUT2D eigenvalue weighted by atomic mass is 35.5. The van der Waals surface area contributed by atoms with E-state index in [1.54, 1.807) is 0 Å². The zero-order valence-electron chi connectivity index (χ0n) is 8.52. The third-order valence-electron chi connectivity index (χ3n) is 1.86. The molecule has 1 aromatic heterocycles. The lowest BCUT2D eigenvalue weighted by Crippen LogP contribution is -2.27. The third kappa shape index (κ3) is 3.49. The summed E-state index contributed by atoms with van der Waals surface area (Å²) in [7, 11) is 0. The molecule has 0 amide bonds. The van der Waals surface area contributed by atoms with Gasteiger partial charge in [0.2, 0.25) is 17.2 Å². The summed E-state index contributed by atoms with van der Waals surface area (Å²) in [4.78, 5) is 13.5. The lowest BCUT2D eigenvalue weighted by Gasteiger charge is -2.19. The number of rotatable bonds is 5. The SMILES string of the molecule is CCN(CCCO)c1nc(N)nc(Cl)n1. The summed E-state index contributed by atoms with van der Waals surface area (Å²) in [6.45, 7) is 3.47. The first kappa shape index (κ1) is 11.9. The molecule has 1 rings (SSSR count). The van der Waals surface area contributed by atoms with Gasteiger partial charge >= 0.3 is 0 Å². The minimum Gasteiger partial charge on any atom is -0.396 e. The highest BCUT2D eigenvalue weighted by molar-refractivity contribution is 6.28. The number of anilines is 2. The predicted molar refractivity (Wildman–Crippen MR) is 58.8 cm³/mol. The second kappa shape index (κ2) is 5.67. The summed E-state index contributed by atoms with van der Waals surface area (Å²) in [5.74, 6) is 0.552. The van der Waals surface area contributed by atoms with Gasteiger partial charge in [-0.25, -0.2) is 0 Å². The summed E-state index contributed by atoms with van der Waals surface area (Å²) >= 11 is 5.67. The molecule has 6 nitrogen and oxygen atoms in total. The predicted octanol–water partition coefficient (Wildman–Crippen LogP) is 0.316. The molecule has 0 fully saturated rings. The second-order valence-electron chi connectivity index (χ2n) is 2.92. The Hall–Kier alpha value is -1.14. The van der Waals surface area contributed by atoms with Gasteiger partial charge in [-0.2, -0.15) is 15.0 Å². The number of aromatic nitrogens is 3. The standard InChI is InChI=1S/C8H14ClN5O/c1-2-14(4-3-5-15)8-12-6(9)11-7(10)13-8/h15H,2-5H2,1H3,(H2,10,11,12,13). The van der Waals surface area contributed by atoms with Crippen LogP contribution in [0.4, 0.5) is 11.9 Å². The molecule has 0 aliphatic rings. The van der Waals surface area contributed by atoms with Crippen LogP contribution in [0.3, 0.4) is 0 Å². The first-order valence-corrected chi connectivity index (χ1v) is 5.08. The molecule has 7 heteroatoms. The Kier molecular flexibility index (Phi) is 4.51. The van der Waals surface area contributed by atoms with Crippen molar-refractivity contribution in [2.75, 3.05) is 30.3 Å². The molecule has 0 bridgehead atoms. The van der Waals surface area contributed by atoms with Crippen LogP contribution >= 0.6 is 11.6 Å². The molecular formula is C8H14ClN5O. The van der Waals surface area contributed by atoms with Crippen molar-refractivity contribution in [1.82, 2.24) is 15.0 Å². The maximum atomic E-state index is 8.74. The molecule has 0 unspecified atom stereocenters. The smallest absolute Gasteiger partial charge is 0.231 e. The van der Waals surface area contributed by atoms with Crippen LogP contribution < -0.4 is 10.6 Å². The van der Waals surface area contributed by atoms with Crippen molar-refractivity contribution in [1.29, 1.82) is 0 Å². The van der Waals surface area contributed by atoms with Crippen LogP contribution in [0.5, 0.6) is 0 Å². The van der Waals surface area contributed by atoms with Gasteiger partial charge < -0.3 is 15.7 Å². The van der Waals surface area contributed by atoms with Gasteiger partial charge in [-0.05, 0) is 24.9 Å². The second-order valence-corrected chi connectivity index (χ2v) is 3.26. The van der Waals surface area contributed by atoms with E-state index in [0.717, 1.165) is 6.54 Å². The summed E-state index contributed by atoms with van der Waals surface area (Å²) in [5.41, 5.74) is 5.46. The molecule has 3 N–H and O–H groups in total. The topological polar surface area (TPSA) is 88.2 Å². The minimum absolute atomic E-state index is 0.0833. The monoisotopic (exact) mass is 231 g/mol. The van der Waals surface area contributed by atoms with Crippen molar-refractivity contribution in [3.63, 3.8) is 0 Å². The van der Waals surface area contributed by atoms with Crippen LogP contribution in [0.25, 0.3) is 0 Å². The lowest BCUT2D eigenvalue weighted by atomic mass is 10.4. The van der Waals surface area contributed by atoms with Crippen molar-refractivity contribution in [3.05, 3.63) is 5.28 Å². The van der Waals surface area contributed by atoms with Crippen molar-refractivity contribution in [2.45, 2.75) is 13.3 Å². The van der Waals surface area contributed by atoms with E-state index in [4.69, 9.17) is 22.4 Å². The van der Waals surface area contributed by atoms with Crippen LogP contribution in [-0.4, -0.2) is 39.8 Å². The Bertz CT molecular complexity index is 302. The third-order valence-corrected chi connectivity index (χ3v) is 2.03. The maximum absolute atomic E-state index is 8.74. The molecule has 0 radical (unpaired) electrons. The summed E-state index contributed by atoms with van der Waals surface area (Å²) < 4.78 is 0. The minimum atomic E-state index is 0.0833. The van der Waals surface area contributed by atoms with Gasteiger partial charge in [-0.3, -0.25) is 0 Å². The average Bonchev–Trinajstić information content (AvgIpc) is 2.17. The highest BCUT2D eigenvalue weighted by Crippen LogP contribution is 2.11. The van der Waals surface area contributed by atoms with Crippen LogP contribution in [-0.2, 0) is 0 Å². The number of aliphatic hydroxyl groups excluding tert-OH is 1. The first-order valence-electron chi connectivity index (χ1n) is 4.70. The normalized spacial score (nSPS) is 10.3. The number of hydrogen-bond donors (Lipinski definition) is 2. The van der Waals surface area contributed by atoms with Crippen LogP contribution in [0, 0.1) is 0 Å². The molecule has 0 spiro atoms. The van der Waals surface area contributed by atoms with Crippen molar-refractivity contribution < 1.29 is 5.11 Å². The average molecular weight is 232 g/mol. The molecule has 0 aliphatic heterocycles. The van der Waals surface area contributed by atoms with E-state index in [2.05, 4.69) is 15.0 Å². The van der Waals surface area contributed by atoms with E-state index >= 15 is 0 Å². The van der Waals surface area contributed by atoms with E-state index in [9.17, 15) is 0 Å². The van der Waals surface area contributed by atoms with E-state index in [-0.39, 0.29) is 17.8 Å². The Morgan fingerprint density at radius 3 is 2.67 bits per heavy atom. The van der Waals surface area contributed by atoms with Gasteiger partial charge in [0.05, 0.1) is 0 Å². The zero-order valence-corrected chi connectivity index (χ0v) is 9.28. The molecule has 0 saturated carbocycles. The van der Waals surface area contributed by atoms with E-state index in [1.807, 2.05) is 11.8 Å². The number of aliphatic hydroxyl groups is 1. The number of nitrogens with zero attached hydrogens (tertiary/aromatic N) is 4. The zero-order chi connectivity index (χ0) is 11.3. The summed E-state index contributed by atoms with van der Waals surface area (Å²) in [5, 5.41) is 8.82.